The van der Waals surface area contributed by atoms with Gasteiger partial charge in [0, 0.05) is 30.4 Å². The van der Waals surface area contributed by atoms with Crippen molar-refractivity contribution in [2.75, 3.05) is 18.0 Å². The van der Waals surface area contributed by atoms with Gasteiger partial charge in [0.25, 0.3) is 0 Å². The van der Waals surface area contributed by atoms with Gasteiger partial charge in [0.1, 0.15) is 10.8 Å². The largest absolute Gasteiger partial charge is 0.355 e. The number of anilines is 1. The van der Waals surface area contributed by atoms with Gasteiger partial charge in [-0.05, 0) is 42.7 Å². The van der Waals surface area contributed by atoms with Gasteiger partial charge >= 0.3 is 0 Å². The average molecular weight is 340 g/mol. The molecule has 0 N–H and O–H groups in total. The molecule has 1 atom stereocenters. The van der Waals surface area contributed by atoms with E-state index in [-0.39, 0.29) is 0 Å². The van der Waals surface area contributed by atoms with E-state index in [0.717, 1.165) is 34.7 Å². The highest BCUT2D eigenvalue weighted by Crippen LogP contribution is 2.50. The van der Waals surface area contributed by atoms with Crippen LogP contribution in [0.25, 0.3) is 0 Å². The minimum Gasteiger partial charge on any atom is -0.355 e. The molecule has 2 aliphatic rings. The minimum atomic E-state index is 0.611. The molecule has 1 spiro atoms. The zero-order valence-electron chi connectivity index (χ0n) is 14.2. The molecule has 24 heavy (non-hydrogen) atoms. The number of pyridine rings is 1. The Bertz CT molecular complexity index is 666. The summed E-state index contributed by atoms with van der Waals surface area (Å²) in [7, 11) is 0. The van der Waals surface area contributed by atoms with E-state index in [4.69, 9.17) is 0 Å². The highest BCUT2D eigenvalue weighted by atomic mass is 32.2. The SMILES string of the molecule is C[C@@H]1CCCC12CCN(c1cnc(Sc3cccnc3)cn1)CC2. The number of aromatic nitrogens is 3. The van der Waals surface area contributed by atoms with Gasteiger partial charge in [-0.2, -0.15) is 0 Å². The summed E-state index contributed by atoms with van der Waals surface area (Å²) in [6, 6.07) is 3.98. The molecule has 2 aromatic heterocycles. The van der Waals surface area contributed by atoms with Crippen LogP contribution in [0, 0.1) is 11.3 Å². The summed E-state index contributed by atoms with van der Waals surface area (Å²) in [6.45, 7) is 4.69. The van der Waals surface area contributed by atoms with E-state index in [2.05, 4.69) is 26.8 Å². The first-order chi connectivity index (χ1) is 11.8. The van der Waals surface area contributed by atoms with Gasteiger partial charge in [-0.15, -0.1) is 0 Å². The second kappa shape index (κ2) is 6.71. The Labute approximate surface area is 148 Å². The zero-order valence-corrected chi connectivity index (χ0v) is 15.0. The van der Waals surface area contributed by atoms with Gasteiger partial charge in [-0.3, -0.25) is 4.98 Å². The van der Waals surface area contributed by atoms with Crippen molar-refractivity contribution in [3.05, 3.63) is 36.9 Å². The van der Waals surface area contributed by atoms with Crippen LogP contribution in [0.15, 0.2) is 46.8 Å². The van der Waals surface area contributed by atoms with Crippen LogP contribution in [0.3, 0.4) is 0 Å². The Morgan fingerprint density at radius 2 is 2.00 bits per heavy atom. The number of rotatable bonds is 3. The second-order valence-electron chi connectivity index (χ2n) is 7.15. The van der Waals surface area contributed by atoms with E-state index in [0.29, 0.717) is 5.41 Å². The van der Waals surface area contributed by atoms with Gasteiger partial charge in [-0.1, -0.05) is 31.5 Å². The molecule has 1 saturated carbocycles. The summed E-state index contributed by atoms with van der Waals surface area (Å²) < 4.78 is 0. The van der Waals surface area contributed by atoms with Crippen molar-refractivity contribution in [1.82, 2.24) is 15.0 Å². The molecule has 4 nitrogen and oxygen atoms in total. The molecule has 4 rings (SSSR count). The average Bonchev–Trinajstić information content (AvgIpc) is 2.98. The molecule has 126 valence electrons. The monoisotopic (exact) mass is 340 g/mol. The summed E-state index contributed by atoms with van der Waals surface area (Å²) in [5.41, 5.74) is 0.611. The maximum absolute atomic E-state index is 4.65. The molecule has 5 heteroatoms. The number of nitrogens with zero attached hydrogens (tertiary/aromatic N) is 4. The van der Waals surface area contributed by atoms with Crippen molar-refractivity contribution < 1.29 is 0 Å². The zero-order chi connectivity index (χ0) is 16.4. The van der Waals surface area contributed by atoms with Crippen LogP contribution >= 0.6 is 11.8 Å². The molecule has 1 aliphatic carbocycles. The molecule has 0 aromatic carbocycles. The molecule has 0 amide bonds. The quantitative estimate of drug-likeness (QED) is 0.827. The Balaban J connectivity index is 1.39. The third kappa shape index (κ3) is 3.14. The summed E-state index contributed by atoms with van der Waals surface area (Å²) in [6.07, 6.45) is 14.3. The maximum Gasteiger partial charge on any atom is 0.147 e. The number of piperidine rings is 1. The lowest BCUT2D eigenvalue weighted by molar-refractivity contribution is 0.161. The minimum absolute atomic E-state index is 0.611. The normalized spacial score (nSPS) is 22.9. The summed E-state index contributed by atoms with van der Waals surface area (Å²) in [5.74, 6) is 1.91. The standard InChI is InChI=1S/C19H24N4S/c1-15-4-2-6-19(15)7-10-23(11-8-19)17-13-22-18(14-21-17)24-16-5-3-9-20-12-16/h3,5,9,12-15H,2,4,6-8,10-11H2,1H3/t15-/m1/s1. The first-order valence-corrected chi connectivity index (χ1v) is 9.72. The Hall–Kier alpha value is -1.62. The van der Waals surface area contributed by atoms with Gasteiger partial charge in [-0.25, -0.2) is 9.97 Å². The topological polar surface area (TPSA) is 41.9 Å². The summed E-state index contributed by atoms with van der Waals surface area (Å²) in [4.78, 5) is 16.9. The first-order valence-electron chi connectivity index (χ1n) is 8.90. The molecular weight excluding hydrogens is 316 g/mol. The van der Waals surface area contributed by atoms with E-state index in [9.17, 15) is 0 Å². The van der Waals surface area contributed by atoms with E-state index in [1.165, 1.54) is 32.1 Å². The van der Waals surface area contributed by atoms with Gasteiger partial charge in [0.05, 0.1) is 12.4 Å². The molecule has 0 radical (unpaired) electrons. The smallest absolute Gasteiger partial charge is 0.147 e. The molecule has 1 saturated heterocycles. The van der Waals surface area contributed by atoms with Crippen molar-refractivity contribution >= 4 is 17.6 Å². The number of hydrogen-bond acceptors (Lipinski definition) is 5. The summed E-state index contributed by atoms with van der Waals surface area (Å²) >= 11 is 1.60. The van der Waals surface area contributed by atoms with Crippen LogP contribution in [0.2, 0.25) is 0 Å². The molecule has 0 bridgehead atoms. The van der Waals surface area contributed by atoms with Crippen molar-refractivity contribution in [3.8, 4) is 0 Å². The fourth-order valence-electron chi connectivity index (χ4n) is 4.29. The third-order valence-electron chi connectivity index (χ3n) is 5.91. The lowest BCUT2D eigenvalue weighted by Crippen LogP contribution is -2.41. The Morgan fingerprint density at radius 1 is 1.12 bits per heavy atom. The van der Waals surface area contributed by atoms with Crippen molar-refractivity contribution in [2.24, 2.45) is 11.3 Å². The highest BCUT2D eigenvalue weighted by molar-refractivity contribution is 7.99. The molecule has 3 heterocycles. The Kier molecular flexibility index (Phi) is 4.44. The highest BCUT2D eigenvalue weighted by Gasteiger charge is 2.42. The van der Waals surface area contributed by atoms with Gasteiger partial charge in [0.2, 0.25) is 0 Å². The van der Waals surface area contributed by atoms with Gasteiger partial charge in [0.15, 0.2) is 0 Å². The third-order valence-corrected chi connectivity index (χ3v) is 6.81. The fraction of sp³-hybridized carbons (Fsp3) is 0.526. The molecule has 2 aromatic rings. The van der Waals surface area contributed by atoms with Crippen molar-refractivity contribution in [2.45, 2.75) is 48.9 Å². The lowest BCUT2D eigenvalue weighted by Gasteiger charge is -2.42. The first kappa shape index (κ1) is 15.9. The fourth-order valence-corrected chi connectivity index (χ4v) is 5.00. The van der Waals surface area contributed by atoms with E-state index in [1.54, 1.807) is 18.0 Å². The van der Waals surface area contributed by atoms with Crippen LogP contribution < -0.4 is 4.90 Å². The van der Waals surface area contributed by atoms with Crippen LogP contribution in [0.1, 0.15) is 39.0 Å². The van der Waals surface area contributed by atoms with E-state index < -0.39 is 0 Å². The van der Waals surface area contributed by atoms with E-state index in [1.807, 2.05) is 30.7 Å². The van der Waals surface area contributed by atoms with E-state index >= 15 is 0 Å². The summed E-state index contributed by atoms with van der Waals surface area (Å²) in [5, 5.41) is 0.921. The molecular formula is C19H24N4S. The molecule has 0 unspecified atom stereocenters. The lowest BCUT2D eigenvalue weighted by atomic mass is 9.71. The second-order valence-corrected chi connectivity index (χ2v) is 8.24. The van der Waals surface area contributed by atoms with Crippen LogP contribution in [0.4, 0.5) is 5.82 Å². The van der Waals surface area contributed by atoms with Gasteiger partial charge < -0.3 is 4.90 Å². The van der Waals surface area contributed by atoms with Crippen molar-refractivity contribution in [3.63, 3.8) is 0 Å². The van der Waals surface area contributed by atoms with Crippen LogP contribution in [-0.4, -0.2) is 28.0 Å². The predicted molar refractivity (Wildman–Crippen MR) is 97.3 cm³/mol. The van der Waals surface area contributed by atoms with Crippen LogP contribution in [0.5, 0.6) is 0 Å². The van der Waals surface area contributed by atoms with Crippen molar-refractivity contribution in [1.29, 1.82) is 0 Å². The molecule has 2 fully saturated rings. The number of hydrogen-bond donors (Lipinski definition) is 0. The maximum atomic E-state index is 4.65. The Morgan fingerprint density at radius 3 is 2.62 bits per heavy atom. The predicted octanol–water partition coefficient (Wildman–Crippen LogP) is 4.43. The van der Waals surface area contributed by atoms with Crippen LogP contribution in [-0.2, 0) is 0 Å². The molecule has 1 aliphatic heterocycles.